The van der Waals surface area contributed by atoms with E-state index in [0.717, 1.165) is 5.56 Å². The van der Waals surface area contributed by atoms with Crippen LogP contribution in [-0.4, -0.2) is 41.3 Å². The van der Waals surface area contributed by atoms with Crippen molar-refractivity contribution in [3.8, 4) is 5.75 Å². The molecule has 1 amide bonds. The number of carboxylic acid groups (broad SMARTS) is 1. The number of aryl methyl sites for hydroxylation is 1. The van der Waals surface area contributed by atoms with Gasteiger partial charge in [0.05, 0.1) is 6.10 Å². The van der Waals surface area contributed by atoms with Crippen LogP contribution in [0.5, 0.6) is 5.75 Å². The number of hydrogen-bond donors (Lipinski definition) is 2. The number of ether oxygens (including phenoxy) is 2. The molecule has 2 N–H and O–H groups in total. The monoisotopic (exact) mass is 363 g/mol. The fourth-order valence-electron chi connectivity index (χ4n) is 3.50. The highest BCUT2D eigenvalue weighted by atomic mass is 16.5. The zero-order valence-corrected chi connectivity index (χ0v) is 16.2. The van der Waals surface area contributed by atoms with E-state index in [9.17, 15) is 14.7 Å². The van der Waals surface area contributed by atoms with Gasteiger partial charge in [0.1, 0.15) is 11.3 Å². The summed E-state index contributed by atoms with van der Waals surface area (Å²) < 4.78 is 11.4. The lowest BCUT2D eigenvalue weighted by Crippen LogP contribution is -2.76. The van der Waals surface area contributed by atoms with Crippen LogP contribution in [0, 0.1) is 12.3 Å². The molecule has 3 atom stereocenters. The molecule has 0 saturated heterocycles. The lowest BCUT2D eigenvalue weighted by molar-refractivity contribution is -0.195. The molecular weight excluding hydrogens is 334 g/mol. The number of carbonyl (C=O) groups is 2. The Bertz CT molecular complexity index is 672. The second-order valence-electron chi connectivity index (χ2n) is 7.40. The smallest absolute Gasteiger partial charge is 0.330 e. The van der Waals surface area contributed by atoms with Gasteiger partial charge in [-0.15, -0.1) is 0 Å². The van der Waals surface area contributed by atoms with Crippen molar-refractivity contribution >= 4 is 11.9 Å². The van der Waals surface area contributed by atoms with Crippen LogP contribution in [0.25, 0.3) is 0 Å². The van der Waals surface area contributed by atoms with Crippen LogP contribution in [0.15, 0.2) is 24.3 Å². The first kappa shape index (κ1) is 20.2. The summed E-state index contributed by atoms with van der Waals surface area (Å²) in [6.07, 6.45) is -0.280. The fourth-order valence-corrected chi connectivity index (χ4v) is 3.50. The maximum absolute atomic E-state index is 12.8. The molecule has 0 aliphatic heterocycles. The standard InChI is InChI=1S/C20H29NO5/c1-6-15(26-14-10-8-9-13(3)11-14)17(22)21-20(18(23)24)12-16(25-7-2)19(20,4)5/h8-11,15-16H,6-7,12H2,1-5H3,(H,21,22)(H,23,24). The quantitative estimate of drug-likeness (QED) is 0.742. The van der Waals surface area contributed by atoms with Crippen LogP contribution < -0.4 is 10.1 Å². The highest BCUT2D eigenvalue weighted by Gasteiger charge is 2.66. The molecule has 1 aromatic carbocycles. The molecule has 1 aliphatic carbocycles. The van der Waals surface area contributed by atoms with Gasteiger partial charge < -0.3 is 19.9 Å². The van der Waals surface area contributed by atoms with Gasteiger partial charge in [0, 0.05) is 18.4 Å². The molecule has 1 saturated carbocycles. The fraction of sp³-hybridized carbons (Fsp3) is 0.600. The van der Waals surface area contributed by atoms with Crippen molar-refractivity contribution in [1.82, 2.24) is 5.32 Å². The number of aliphatic carboxylic acids is 1. The molecule has 1 aromatic rings. The summed E-state index contributed by atoms with van der Waals surface area (Å²) in [5.41, 5.74) is -1.04. The number of amides is 1. The molecule has 2 rings (SSSR count). The Kier molecular flexibility index (Phi) is 5.96. The van der Waals surface area contributed by atoms with Crippen molar-refractivity contribution in [1.29, 1.82) is 0 Å². The van der Waals surface area contributed by atoms with E-state index >= 15 is 0 Å². The summed E-state index contributed by atoms with van der Waals surface area (Å²) in [4.78, 5) is 24.8. The Morgan fingerprint density at radius 3 is 2.54 bits per heavy atom. The summed E-state index contributed by atoms with van der Waals surface area (Å²) in [5, 5.41) is 12.6. The first-order valence-electron chi connectivity index (χ1n) is 9.08. The van der Waals surface area contributed by atoms with Gasteiger partial charge in [0.15, 0.2) is 6.10 Å². The van der Waals surface area contributed by atoms with Gasteiger partial charge in [-0.25, -0.2) is 4.79 Å². The molecule has 1 aliphatic rings. The van der Waals surface area contributed by atoms with Crippen molar-refractivity contribution in [2.45, 2.75) is 65.2 Å². The Morgan fingerprint density at radius 2 is 2.04 bits per heavy atom. The zero-order chi connectivity index (χ0) is 19.5. The number of hydrogen-bond acceptors (Lipinski definition) is 4. The average Bonchev–Trinajstić information content (AvgIpc) is 2.58. The molecule has 26 heavy (non-hydrogen) atoms. The van der Waals surface area contributed by atoms with Crippen LogP contribution in [-0.2, 0) is 14.3 Å². The molecule has 3 unspecified atom stereocenters. The normalized spacial score (nSPS) is 25.0. The summed E-state index contributed by atoms with van der Waals surface area (Å²) in [6, 6.07) is 7.43. The van der Waals surface area contributed by atoms with E-state index in [2.05, 4.69) is 5.32 Å². The molecule has 0 bridgehead atoms. The molecule has 144 valence electrons. The van der Waals surface area contributed by atoms with Crippen LogP contribution in [0.2, 0.25) is 0 Å². The predicted molar refractivity (Wildman–Crippen MR) is 98.2 cm³/mol. The maximum atomic E-state index is 12.8. The first-order chi connectivity index (χ1) is 12.2. The van der Waals surface area contributed by atoms with Crippen molar-refractivity contribution in [2.75, 3.05) is 6.61 Å². The van der Waals surface area contributed by atoms with Gasteiger partial charge in [0.25, 0.3) is 5.91 Å². The maximum Gasteiger partial charge on any atom is 0.330 e. The summed E-state index contributed by atoms with van der Waals surface area (Å²) in [5.74, 6) is -0.868. The Morgan fingerprint density at radius 1 is 1.35 bits per heavy atom. The van der Waals surface area contributed by atoms with Gasteiger partial charge in [0.2, 0.25) is 0 Å². The van der Waals surface area contributed by atoms with Crippen molar-refractivity contribution < 1.29 is 24.2 Å². The Hall–Kier alpha value is -2.08. The van der Waals surface area contributed by atoms with E-state index in [0.29, 0.717) is 18.8 Å². The number of carboxylic acids is 1. The van der Waals surface area contributed by atoms with Gasteiger partial charge in [-0.05, 0) is 38.0 Å². The summed E-state index contributed by atoms with van der Waals surface area (Å²) in [6.45, 7) is 9.78. The van der Waals surface area contributed by atoms with Crippen molar-refractivity contribution in [3.05, 3.63) is 29.8 Å². The topological polar surface area (TPSA) is 84.9 Å². The molecule has 0 spiro atoms. The van der Waals surface area contributed by atoms with Gasteiger partial charge in [-0.3, -0.25) is 4.79 Å². The van der Waals surface area contributed by atoms with Crippen LogP contribution >= 0.6 is 0 Å². The number of benzene rings is 1. The largest absolute Gasteiger partial charge is 0.481 e. The predicted octanol–water partition coefficient (Wildman–Crippen LogP) is 2.93. The van der Waals surface area contributed by atoms with Gasteiger partial charge in [-0.1, -0.05) is 32.9 Å². The second kappa shape index (κ2) is 7.66. The summed E-state index contributed by atoms with van der Waals surface area (Å²) in [7, 11) is 0. The Labute approximate surface area is 154 Å². The van der Waals surface area contributed by atoms with E-state index in [1.54, 1.807) is 6.07 Å². The number of rotatable bonds is 8. The van der Waals surface area contributed by atoms with E-state index in [1.165, 1.54) is 0 Å². The molecular formula is C20H29NO5. The van der Waals surface area contributed by atoms with E-state index in [-0.39, 0.29) is 12.5 Å². The highest BCUT2D eigenvalue weighted by molar-refractivity contribution is 5.91. The SMILES string of the molecule is CCOC1CC(NC(=O)C(CC)Oc2cccc(C)c2)(C(=O)O)C1(C)C. The first-order valence-corrected chi connectivity index (χ1v) is 9.08. The molecule has 0 heterocycles. The van der Waals surface area contributed by atoms with Crippen molar-refractivity contribution in [3.63, 3.8) is 0 Å². The molecule has 0 radical (unpaired) electrons. The third kappa shape index (κ3) is 3.56. The Balaban J connectivity index is 2.15. The van der Waals surface area contributed by atoms with Gasteiger partial charge in [-0.2, -0.15) is 0 Å². The lowest BCUT2D eigenvalue weighted by Gasteiger charge is -2.58. The third-order valence-corrected chi connectivity index (χ3v) is 5.40. The van der Waals surface area contributed by atoms with E-state index < -0.39 is 28.9 Å². The molecule has 6 nitrogen and oxygen atoms in total. The van der Waals surface area contributed by atoms with Crippen LogP contribution in [0.1, 0.15) is 46.1 Å². The van der Waals surface area contributed by atoms with Crippen LogP contribution in [0.3, 0.4) is 0 Å². The molecule has 0 aromatic heterocycles. The third-order valence-electron chi connectivity index (χ3n) is 5.40. The number of carbonyl (C=O) groups excluding carboxylic acids is 1. The van der Waals surface area contributed by atoms with Crippen molar-refractivity contribution in [2.24, 2.45) is 5.41 Å². The van der Waals surface area contributed by atoms with Crippen LogP contribution in [0.4, 0.5) is 0 Å². The second-order valence-corrected chi connectivity index (χ2v) is 7.40. The highest BCUT2D eigenvalue weighted by Crippen LogP contribution is 2.51. The molecule has 1 fully saturated rings. The minimum Gasteiger partial charge on any atom is -0.481 e. The van der Waals surface area contributed by atoms with E-state index in [1.807, 2.05) is 52.8 Å². The minimum atomic E-state index is -1.35. The lowest BCUT2D eigenvalue weighted by atomic mass is 9.54. The summed E-state index contributed by atoms with van der Waals surface area (Å²) >= 11 is 0. The molecule has 6 heteroatoms. The minimum absolute atomic E-state index is 0.207. The zero-order valence-electron chi connectivity index (χ0n) is 16.2. The van der Waals surface area contributed by atoms with Gasteiger partial charge >= 0.3 is 5.97 Å². The average molecular weight is 363 g/mol. The number of nitrogens with one attached hydrogen (secondary N) is 1. The van der Waals surface area contributed by atoms with E-state index in [4.69, 9.17) is 9.47 Å².